The second kappa shape index (κ2) is 7.39. The van der Waals surface area contributed by atoms with Crippen LogP contribution in [0, 0.1) is 0 Å². The molecule has 0 atom stereocenters. The monoisotopic (exact) mass is 256 g/mol. The molecule has 0 saturated heterocycles. The van der Waals surface area contributed by atoms with Gasteiger partial charge >= 0.3 is 6.61 Å². The number of alkyl halides is 2. The summed E-state index contributed by atoms with van der Waals surface area (Å²) in [5, 5.41) is 2.59. The van der Waals surface area contributed by atoms with E-state index < -0.39 is 6.61 Å². The molecule has 0 saturated carbocycles. The Kier molecular flexibility index (Phi) is 5.79. The van der Waals surface area contributed by atoms with E-state index in [1.54, 1.807) is 12.2 Å². The molecule has 0 radical (unpaired) electrons. The zero-order valence-electron chi connectivity index (χ0n) is 9.61. The Bertz CT molecular complexity index is 422. The van der Waals surface area contributed by atoms with Crippen LogP contribution in [0.3, 0.4) is 0 Å². The van der Waals surface area contributed by atoms with Gasteiger partial charge in [-0.05, 0) is 18.2 Å². The normalized spacial score (nSPS) is 10.9. The minimum absolute atomic E-state index is 0.0462. The number of rotatable bonds is 6. The fraction of sp³-hybridized carbons (Fsp3) is 0.250. The maximum atomic E-state index is 12.0. The highest BCUT2D eigenvalue weighted by Gasteiger charge is 2.08. The molecule has 0 heterocycles. The predicted molar refractivity (Wildman–Crippen MR) is 63.6 cm³/mol. The van der Waals surface area contributed by atoms with Crippen molar-refractivity contribution in [3.8, 4) is 5.75 Å². The summed E-state index contributed by atoms with van der Waals surface area (Å²) in [5.41, 5.74) is 5.49. The van der Waals surface area contributed by atoms with Gasteiger partial charge in [0, 0.05) is 18.7 Å². The first-order valence-electron chi connectivity index (χ1n) is 5.31. The zero-order chi connectivity index (χ0) is 13.4. The van der Waals surface area contributed by atoms with Gasteiger partial charge in [0.25, 0.3) is 5.91 Å². The van der Waals surface area contributed by atoms with E-state index in [0.29, 0.717) is 13.1 Å². The summed E-state index contributed by atoms with van der Waals surface area (Å²) in [5.74, 6) is -0.411. The third-order valence-electron chi connectivity index (χ3n) is 2.00. The number of nitrogens with one attached hydrogen (secondary N) is 1. The van der Waals surface area contributed by atoms with E-state index in [9.17, 15) is 13.6 Å². The van der Waals surface area contributed by atoms with Crippen molar-refractivity contribution < 1.29 is 18.3 Å². The molecule has 1 aromatic carbocycles. The SMILES string of the molecule is NC/C=C/CNC(=O)c1cccc(OC(F)F)c1. The van der Waals surface area contributed by atoms with Crippen molar-refractivity contribution in [2.24, 2.45) is 5.73 Å². The molecule has 0 unspecified atom stereocenters. The highest BCUT2D eigenvalue weighted by atomic mass is 19.3. The minimum atomic E-state index is -2.91. The van der Waals surface area contributed by atoms with Crippen molar-refractivity contribution in [2.45, 2.75) is 6.61 Å². The van der Waals surface area contributed by atoms with Gasteiger partial charge < -0.3 is 15.8 Å². The molecular formula is C12H14F2N2O2. The molecule has 3 N–H and O–H groups in total. The van der Waals surface area contributed by atoms with E-state index in [0.717, 1.165) is 0 Å². The summed E-state index contributed by atoms with van der Waals surface area (Å²) < 4.78 is 28.2. The lowest BCUT2D eigenvalue weighted by Gasteiger charge is -2.06. The Balaban J connectivity index is 2.59. The van der Waals surface area contributed by atoms with Gasteiger partial charge in [0.1, 0.15) is 5.75 Å². The average Bonchev–Trinajstić information content (AvgIpc) is 2.34. The van der Waals surface area contributed by atoms with Gasteiger partial charge in [0.05, 0.1) is 0 Å². The molecule has 0 fully saturated rings. The van der Waals surface area contributed by atoms with Crippen LogP contribution < -0.4 is 15.8 Å². The molecule has 0 aliphatic heterocycles. The molecule has 1 rings (SSSR count). The van der Waals surface area contributed by atoms with Gasteiger partial charge in [-0.3, -0.25) is 4.79 Å². The number of ether oxygens (including phenoxy) is 1. The second-order valence-electron chi connectivity index (χ2n) is 3.32. The van der Waals surface area contributed by atoms with Crippen LogP contribution in [0.15, 0.2) is 36.4 Å². The Morgan fingerprint density at radius 2 is 2.22 bits per heavy atom. The summed E-state index contributed by atoms with van der Waals surface area (Å²) in [6.45, 7) is -2.18. The molecule has 98 valence electrons. The number of benzene rings is 1. The lowest BCUT2D eigenvalue weighted by Crippen LogP contribution is -2.23. The lowest BCUT2D eigenvalue weighted by molar-refractivity contribution is -0.0498. The van der Waals surface area contributed by atoms with Crippen LogP contribution in [0.25, 0.3) is 0 Å². The molecule has 0 aliphatic rings. The molecule has 4 nitrogen and oxygen atoms in total. The standard InChI is InChI=1S/C12H14F2N2O2/c13-12(14)18-10-5-3-4-9(8-10)11(17)16-7-2-1-6-15/h1-5,8,12H,6-7,15H2,(H,16,17)/b2-1+. The predicted octanol–water partition coefficient (Wildman–Crippen LogP) is 1.53. The number of hydrogen-bond donors (Lipinski definition) is 2. The Hall–Kier alpha value is -1.95. The van der Waals surface area contributed by atoms with Gasteiger partial charge in [0.15, 0.2) is 0 Å². The highest BCUT2D eigenvalue weighted by molar-refractivity contribution is 5.94. The average molecular weight is 256 g/mol. The summed E-state index contributed by atoms with van der Waals surface area (Å²) in [4.78, 5) is 11.6. The molecule has 0 spiro atoms. The van der Waals surface area contributed by atoms with Crippen molar-refractivity contribution in [1.82, 2.24) is 5.32 Å². The summed E-state index contributed by atoms with van der Waals surface area (Å²) in [6.07, 6.45) is 3.41. The number of amides is 1. The van der Waals surface area contributed by atoms with Gasteiger partial charge in [0.2, 0.25) is 0 Å². The summed E-state index contributed by atoms with van der Waals surface area (Å²) >= 11 is 0. The lowest BCUT2D eigenvalue weighted by atomic mass is 10.2. The van der Waals surface area contributed by atoms with Crippen molar-refractivity contribution in [1.29, 1.82) is 0 Å². The quantitative estimate of drug-likeness (QED) is 0.759. The third-order valence-corrected chi connectivity index (χ3v) is 2.00. The minimum Gasteiger partial charge on any atom is -0.435 e. The van der Waals surface area contributed by atoms with Crippen LogP contribution in [0.5, 0.6) is 5.75 Å². The van der Waals surface area contributed by atoms with Gasteiger partial charge in [-0.15, -0.1) is 0 Å². The number of hydrogen-bond acceptors (Lipinski definition) is 3. The Morgan fingerprint density at radius 1 is 1.44 bits per heavy atom. The molecule has 1 aromatic rings. The molecule has 0 aromatic heterocycles. The van der Waals surface area contributed by atoms with Crippen LogP contribution in [-0.4, -0.2) is 25.6 Å². The number of carbonyl (C=O) groups is 1. The largest absolute Gasteiger partial charge is 0.435 e. The van der Waals surface area contributed by atoms with E-state index in [4.69, 9.17) is 5.73 Å². The fourth-order valence-corrected chi connectivity index (χ4v) is 1.25. The van der Waals surface area contributed by atoms with Crippen LogP contribution in [0.4, 0.5) is 8.78 Å². The summed E-state index contributed by atoms with van der Waals surface area (Å²) in [6, 6.07) is 5.61. The van der Waals surface area contributed by atoms with E-state index in [1.165, 1.54) is 24.3 Å². The first kappa shape index (κ1) is 14.1. The van der Waals surface area contributed by atoms with Gasteiger partial charge in [-0.25, -0.2) is 0 Å². The van der Waals surface area contributed by atoms with E-state index >= 15 is 0 Å². The first-order chi connectivity index (χ1) is 8.63. The number of nitrogens with two attached hydrogens (primary N) is 1. The molecular weight excluding hydrogens is 242 g/mol. The van der Waals surface area contributed by atoms with E-state index in [2.05, 4.69) is 10.1 Å². The molecule has 0 aliphatic carbocycles. The van der Waals surface area contributed by atoms with Crippen LogP contribution in [-0.2, 0) is 0 Å². The number of carbonyl (C=O) groups excluding carboxylic acids is 1. The smallest absolute Gasteiger partial charge is 0.387 e. The number of halogens is 2. The maximum absolute atomic E-state index is 12.0. The molecule has 1 amide bonds. The van der Waals surface area contributed by atoms with Crippen LogP contribution in [0.2, 0.25) is 0 Å². The Labute approximate surface area is 103 Å². The zero-order valence-corrected chi connectivity index (χ0v) is 9.61. The van der Waals surface area contributed by atoms with Crippen molar-refractivity contribution >= 4 is 5.91 Å². The van der Waals surface area contributed by atoms with Crippen molar-refractivity contribution in [2.75, 3.05) is 13.1 Å². The highest BCUT2D eigenvalue weighted by Crippen LogP contribution is 2.15. The molecule has 18 heavy (non-hydrogen) atoms. The second-order valence-corrected chi connectivity index (χ2v) is 3.32. The first-order valence-corrected chi connectivity index (χ1v) is 5.31. The van der Waals surface area contributed by atoms with E-state index in [-0.39, 0.29) is 17.2 Å². The Morgan fingerprint density at radius 3 is 2.89 bits per heavy atom. The van der Waals surface area contributed by atoms with Crippen molar-refractivity contribution in [3.63, 3.8) is 0 Å². The van der Waals surface area contributed by atoms with Crippen molar-refractivity contribution in [3.05, 3.63) is 42.0 Å². The molecule has 6 heteroatoms. The third kappa shape index (κ3) is 4.92. The van der Waals surface area contributed by atoms with Gasteiger partial charge in [-0.2, -0.15) is 8.78 Å². The van der Waals surface area contributed by atoms with Crippen LogP contribution >= 0.6 is 0 Å². The van der Waals surface area contributed by atoms with Crippen LogP contribution in [0.1, 0.15) is 10.4 Å². The molecule has 0 bridgehead atoms. The summed E-state index contributed by atoms with van der Waals surface area (Å²) in [7, 11) is 0. The van der Waals surface area contributed by atoms with E-state index in [1.807, 2.05) is 0 Å². The van der Waals surface area contributed by atoms with Gasteiger partial charge in [-0.1, -0.05) is 18.2 Å². The maximum Gasteiger partial charge on any atom is 0.387 e. The fourth-order valence-electron chi connectivity index (χ4n) is 1.25. The topological polar surface area (TPSA) is 64.3 Å².